The number of rotatable bonds is 2. The van der Waals surface area contributed by atoms with Crippen LogP contribution in [0.15, 0.2) is 48.5 Å². The molecule has 2 aromatic carbocycles. The highest BCUT2D eigenvalue weighted by atomic mass is 15.6. The summed E-state index contributed by atoms with van der Waals surface area (Å²) in [6, 6.07) is 16.0. The highest BCUT2D eigenvalue weighted by Crippen LogP contribution is 2.12. The van der Waals surface area contributed by atoms with E-state index in [0.29, 0.717) is 0 Å². The molecule has 0 amide bonds. The quantitative estimate of drug-likeness (QED) is 0.727. The van der Waals surface area contributed by atoms with Gasteiger partial charge in [-0.2, -0.15) is 4.79 Å². The van der Waals surface area contributed by atoms with Gasteiger partial charge in [0.15, 0.2) is 0 Å². The zero-order chi connectivity index (χ0) is 11.7. The van der Waals surface area contributed by atoms with Gasteiger partial charge in [0.1, 0.15) is 11.0 Å². The maximum Gasteiger partial charge on any atom is 0.115 e. The monoisotopic (exact) mass is 224 g/mol. The van der Waals surface area contributed by atoms with E-state index in [1.165, 1.54) is 5.56 Å². The first-order valence-corrected chi connectivity index (χ1v) is 5.47. The minimum Gasteiger partial charge on any atom is -0.276 e. The Balaban J connectivity index is 1.97. The smallest absolute Gasteiger partial charge is 0.115 e. The zero-order valence-electron chi connectivity index (χ0n) is 9.46. The van der Waals surface area contributed by atoms with Crippen LogP contribution in [0, 0.1) is 6.92 Å². The van der Waals surface area contributed by atoms with Crippen LogP contribution in [0.3, 0.4) is 0 Å². The standard InChI is InChI=1S/C13H12N4/c1-10-6-8-11(9-7-10)15-17-13-5-3-2-4-12(13)14-16-17/h2-9,15H,1H3. The Bertz CT molecular complexity index is 640. The first-order valence-electron chi connectivity index (χ1n) is 5.47. The molecule has 1 N–H and O–H groups in total. The van der Waals surface area contributed by atoms with Crippen LogP contribution in [0.25, 0.3) is 11.0 Å². The van der Waals surface area contributed by atoms with E-state index in [1.54, 1.807) is 4.79 Å². The Hall–Kier alpha value is -2.36. The molecule has 1 heterocycles. The van der Waals surface area contributed by atoms with Crippen LogP contribution in [-0.2, 0) is 0 Å². The van der Waals surface area contributed by atoms with Crippen LogP contribution >= 0.6 is 0 Å². The first kappa shape index (κ1) is 9.84. The van der Waals surface area contributed by atoms with E-state index in [4.69, 9.17) is 0 Å². The summed E-state index contributed by atoms with van der Waals surface area (Å²) in [4.78, 5) is 1.68. The third-order valence-corrected chi connectivity index (χ3v) is 2.64. The van der Waals surface area contributed by atoms with Crippen LogP contribution in [0.5, 0.6) is 0 Å². The molecule has 0 bridgehead atoms. The summed E-state index contributed by atoms with van der Waals surface area (Å²) in [5, 5.41) is 8.15. The SMILES string of the molecule is Cc1ccc(Nn2nnc3ccccc32)cc1. The number of fused-ring (bicyclic) bond motifs is 1. The van der Waals surface area contributed by atoms with Gasteiger partial charge in [-0.3, -0.25) is 5.43 Å². The molecule has 1 aromatic heterocycles. The third kappa shape index (κ3) is 1.85. The topological polar surface area (TPSA) is 42.7 Å². The van der Waals surface area contributed by atoms with Crippen molar-refractivity contribution in [3.8, 4) is 0 Å². The summed E-state index contributed by atoms with van der Waals surface area (Å²) in [5.74, 6) is 0. The number of hydrogen-bond acceptors (Lipinski definition) is 3. The Kier molecular flexibility index (Phi) is 2.26. The summed E-state index contributed by atoms with van der Waals surface area (Å²) in [6.45, 7) is 2.06. The molecule has 0 unspecified atom stereocenters. The number of hydrogen-bond donors (Lipinski definition) is 1. The molecule has 4 heteroatoms. The second-order valence-corrected chi connectivity index (χ2v) is 3.97. The van der Waals surface area contributed by atoms with E-state index in [1.807, 2.05) is 36.4 Å². The van der Waals surface area contributed by atoms with Gasteiger partial charge in [-0.15, -0.1) is 5.10 Å². The molecule has 3 aromatic rings. The number of nitrogens with zero attached hydrogens (tertiary/aromatic N) is 3. The molecule has 0 atom stereocenters. The number of aromatic nitrogens is 3. The lowest BCUT2D eigenvalue weighted by molar-refractivity contribution is 0.766. The fourth-order valence-corrected chi connectivity index (χ4v) is 1.70. The van der Waals surface area contributed by atoms with Gasteiger partial charge in [0, 0.05) is 0 Å². The first-order chi connectivity index (χ1) is 8.33. The summed E-state index contributed by atoms with van der Waals surface area (Å²) in [6.07, 6.45) is 0. The fourth-order valence-electron chi connectivity index (χ4n) is 1.70. The lowest BCUT2D eigenvalue weighted by atomic mass is 10.2. The van der Waals surface area contributed by atoms with Crippen molar-refractivity contribution >= 4 is 16.7 Å². The Morgan fingerprint density at radius 1 is 1.00 bits per heavy atom. The van der Waals surface area contributed by atoms with Crippen molar-refractivity contribution in [3.05, 3.63) is 54.1 Å². The zero-order valence-corrected chi connectivity index (χ0v) is 9.46. The Labute approximate surface area is 98.9 Å². The molecule has 0 radical (unpaired) electrons. The Morgan fingerprint density at radius 2 is 1.76 bits per heavy atom. The molecule has 4 nitrogen and oxygen atoms in total. The van der Waals surface area contributed by atoms with Gasteiger partial charge in [-0.05, 0) is 36.4 Å². The van der Waals surface area contributed by atoms with Crippen molar-refractivity contribution in [3.63, 3.8) is 0 Å². The minimum atomic E-state index is 0.882. The minimum absolute atomic E-state index is 0.882. The molecular formula is C13H12N4. The molecule has 17 heavy (non-hydrogen) atoms. The number of nitrogens with one attached hydrogen (secondary N) is 1. The number of anilines is 1. The average Bonchev–Trinajstić information content (AvgIpc) is 2.76. The van der Waals surface area contributed by atoms with Crippen LogP contribution in [0.2, 0.25) is 0 Å². The van der Waals surface area contributed by atoms with Gasteiger partial charge in [0.25, 0.3) is 0 Å². The highest BCUT2D eigenvalue weighted by molar-refractivity contribution is 5.74. The van der Waals surface area contributed by atoms with E-state index in [9.17, 15) is 0 Å². The molecular weight excluding hydrogens is 212 g/mol. The predicted octanol–water partition coefficient (Wildman–Crippen LogP) is 2.61. The summed E-state index contributed by atoms with van der Waals surface area (Å²) in [7, 11) is 0. The summed E-state index contributed by atoms with van der Waals surface area (Å²) in [5.41, 5.74) is 7.27. The van der Waals surface area contributed by atoms with E-state index in [0.717, 1.165) is 16.7 Å². The maximum absolute atomic E-state index is 4.08. The fraction of sp³-hybridized carbons (Fsp3) is 0.0769. The third-order valence-electron chi connectivity index (χ3n) is 2.64. The van der Waals surface area contributed by atoms with Crippen molar-refractivity contribution < 1.29 is 0 Å². The van der Waals surface area contributed by atoms with Crippen molar-refractivity contribution in [2.75, 3.05) is 5.43 Å². The Morgan fingerprint density at radius 3 is 2.59 bits per heavy atom. The molecule has 0 spiro atoms. The lowest BCUT2D eigenvalue weighted by Gasteiger charge is -2.06. The number of benzene rings is 2. The van der Waals surface area contributed by atoms with Crippen LogP contribution in [0.1, 0.15) is 5.56 Å². The predicted molar refractivity (Wildman–Crippen MR) is 67.7 cm³/mol. The van der Waals surface area contributed by atoms with E-state index >= 15 is 0 Å². The molecule has 0 aliphatic carbocycles. The van der Waals surface area contributed by atoms with Crippen LogP contribution in [-0.4, -0.2) is 15.1 Å². The molecule has 0 fully saturated rings. The van der Waals surface area contributed by atoms with E-state index < -0.39 is 0 Å². The second kappa shape index (κ2) is 3.90. The van der Waals surface area contributed by atoms with Gasteiger partial charge < -0.3 is 0 Å². The largest absolute Gasteiger partial charge is 0.276 e. The molecule has 0 saturated heterocycles. The molecule has 0 saturated carbocycles. The van der Waals surface area contributed by atoms with Gasteiger partial charge >= 0.3 is 0 Å². The molecule has 0 aliphatic heterocycles. The number of aryl methyl sites for hydroxylation is 1. The van der Waals surface area contributed by atoms with Crippen molar-refractivity contribution in [2.45, 2.75) is 6.92 Å². The lowest BCUT2D eigenvalue weighted by Crippen LogP contribution is -2.10. The van der Waals surface area contributed by atoms with Crippen molar-refractivity contribution in [1.82, 2.24) is 15.1 Å². The maximum atomic E-state index is 4.08. The van der Waals surface area contributed by atoms with E-state index in [2.05, 4.69) is 34.8 Å². The molecule has 0 aliphatic rings. The van der Waals surface area contributed by atoms with Gasteiger partial charge in [0.05, 0.1) is 5.69 Å². The van der Waals surface area contributed by atoms with Crippen molar-refractivity contribution in [1.29, 1.82) is 0 Å². The number of para-hydroxylation sites is 1. The summed E-state index contributed by atoms with van der Waals surface area (Å²) < 4.78 is 0. The van der Waals surface area contributed by atoms with Gasteiger partial charge in [0.2, 0.25) is 0 Å². The van der Waals surface area contributed by atoms with Crippen molar-refractivity contribution in [2.24, 2.45) is 0 Å². The van der Waals surface area contributed by atoms with Crippen LogP contribution < -0.4 is 5.43 Å². The van der Waals surface area contributed by atoms with Gasteiger partial charge in [-0.1, -0.05) is 29.8 Å². The summed E-state index contributed by atoms with van der Waals surface area (Å²) >= 11 is 0. The molecule has 84 valence electrons. The molecule has 3 rings (SSSR count). The van der Waals surface area contributed by atoms with Crippen LogP contribution in [0.4, 0.5) is 5.69 Å². The van der Waals surface area contributed by atoms with Gasteiger partial charge in [-0.25, -0.2) is 0 Å². The average molecular weight is 224 g/mol. The van der Waals surface area contributed by atoms with E-state index in [-0.39, 0.29) is 0 Å². The second-order valence-electron chi connectivity index (χ2n) is 3.97. The normalized spacial score (nSPS) is 10.6. The highest BCUT2D eigenvalue weighted by Gasteiger charge is 2.02.